The minimum atomic E-state index is 0.922. The molecular weight excluding hydrogens is 649 g/mol. The molecule has 0 N–H and O–H groups in total. The summed E-state index contributed by atoms with van der Waals surface area (Å²) in [6, 6.07) is 13.2. The van der Waals surface area contributed by atoms with E-state index in [1.165, 1.54) is 84.0 Å². The molecule has 0 saturated carbocycles. The average Bonchev–Trinajstić information content (AvgIpc) is 3.90. The Bertz CT molecular complexity index is 1850. The van der Waals surface area contributed by atoms with Gasteiger partial charge in [-0.25, -0.2) is 9.97 Å². The van der Waals surface area contributed by atoms with Crippen molar-refractivity contribution in [3.05, 3.63) is 69.0 Å². The van der Waals surface area contributed by atoms with Gasteiger partial charge >= 0.3 is 0 Å². The Morgan fingerprint density at radius 2 is 1.02 bits per heavy atom. The highest BCUT2D eigenvalue weighted by atomic mass is 32.1. The van der Waals surface area contributed by atoms with Gasteiger partial charge in [0.1, 0.15) is 33.5 Å². The van der Waals surface area contributed by atoms with E-state index in [2.05, 4.69) is 71.8 Å². The van der Waals surface area contributed by atoms with Gasteiger partial charge in [-0.2, -0.15) is 8.75 Å². The van der Waals surface area contributed by atoms with Gasteiger partial charge in [0.2, 0.25) is 0 Å². The van der Waals surface area contributed by atoms with Crippen molar-refractivity contribution in [1.82, 2.24) is 18.7 Å². The van der Waals surface area contributed by atoms with E-state index in [1.807, 2.05) is 0 Å². The van der Waals surface area contributed by atoms with E-state index in [4.69, 9.17) is 18.7 Å². The maximum absolute atomic E-state index is 5.54. The van der Waals surface area contributed by atoms with Crippen LogP contribution in [0.3, 0.4) is 0 Å². The van der Waals surface area contributed by atoms with Crippen LogP contribution in [-0.2, 0) is 12.8 Å². The normalized spacial score (nSPS) is 11.8. The van der Waals surface area contributed by atoms with Crippen LogP contribution in [0.1, 0.15) is 76.3 Å². The lowest BCUT2D eigenvalue weighted by Gasteiger charge is -2.14. The molecule has 0 aliphatic carbocycles. The van der Waals surface area contributed by atoms with Crippen LogP contribution in [0.25, 0.3) is 64.1 Å². The summed E-state index contributed by atoms with van der Waals surface area (Å²) >= 11 is 8.33. The Morgan fingerprint density at radius 1 is 0.533 bits per heavy atom. The first-order valence-corrected chi connectivity index (χ1v) is 20.2. The van der Waals surface area contributed by atoms with Gasteiger partial charge in [-0.1, -0.05) is 64.5 Å². The fraction of sp³-hybridized carbons (Fsp3) is 0.333. The largest absolute Gasteiger partial charge is 0.242 e. The summed E-state index contributed by atoms with van der Waals surface area (Å²) in [5.74, 6) is 0. The van der Waals surface area contributed by atoms with E-state index >= 15 is 0 Å². The molecule has 0 amide bonds. The Hall–Kier alpha value is -2.82. The Kier molecular flexibility index (Phi) is 9.79. The van der Waals surface area contributed by atoms with Crippen LogP contribution in [-0.4, -0.2) is 18.7 Å². The highest BCUT2D eigenvalue weighted by Crippen LogP contribution is 2.47. The van der Waals surface area contributed by atoms with Gasteiger partial charge < -0.3 is 0 Å². The minimum absolute atomic E-state index is 0.922. The maximum Gasteiger partial charge on any atom is 0.116 e. The Labute approximate surface area is 285 Å². The number of aromatic nitrogens is 4. The summed E-state index contributed by atoms with van der Waals surface area (Å²) in [7, 11) is 0. The summed E-state index contributed by atoms with van der Waals surface area (Å²) in [4.78, 5) is 15.7. The highest BCUT2D eigenvalue weighted by Gasteiger charge is 2.26. The van der Waals surface area contributed by atoms with E-state index in [9.17, 15) is 0 Å². The van der Waals surface area contributed by atoms with Crippen LogP contribution in [0.4, 0.5) is 0 Å². The van der Waals surface area contributed by atoms with Crippen molar-refractivity contribution in [3.8, 4) is 42.0 Å². The molecule has 0 saturated heterocycles. The third-order valence-electron chi connectivity index (χ3n) is 8.28. The van der Waals surface area contributed by atoms with Crippen molar-refractivity contribution in [3.63, 3.8) is 0 Å². The van der Waals surface area contributed by atoms with Crippen LogP contribution in [0, 0.1) is 0 Å². The molecule has 6 aromatic heterocycles. The first-order valence-electron chi connectivity index (χ1n) is 16.0. The molecule has 0 unspecified atom stereocenters. The van der Waals surface area contributed by atoms with Gasteiger partial charge in [0.25, 0.3) is 0 Å². The molecule has 0 fully saturated rings. The molecule has 0 bridgehead atoms. The molecular formula is C36H36N4S5. The van der Waals surface area contributed by atoms with Crippen LogP contribution in [0.5, 0.6) is 0 Å². The minimum Gasteiger partial charge on any atom is -0.242 e. The third-order valence-corrected chi connectivity index (χ3v) is 12.6. The van der Waals surface area contributed by atoms with Gasteiger partial charge in [0.05, 0.1) is 21.5 Å². The number of hydrogen-bond donors (Lipinski definition) is 0. The first-order chi connectivity index (χ1) is 22.2. The first kappa shape index (κ1) is 30.8. The van der Waals surface area contributed by atoms with E-state index in [-0.39, 0.29) is 0 Å². The molecule has 0 radical (unpaired) electrons. The zero-order chi connectivity index (χ0) is 30.6. The molecule has 7 rings (SSSR count). The van der Waals surface area contributed by atoms with Crippen molar-refractivity contribution >= 4 is 79.1 Å². The lowest BCUT2D eigenvalue weighted by atomic mass is 9.99. The molecule has 0 aliphatic rings. The third kappa shape index (κ3) is 6.43. The number of rotatable bonds is 14. The second kappa shape index (κ2) is 14.3. The predicted octanol–water partition coefficient (Wildman–Crippen LogP) is 12.8. The van der Waals surface area contributed by atoms with Crippen LogP contribution in [0.2, 0.25) is 0 Å². The average molecular weight is 685 g/mol. The Morgan fingerprint density at radius 3 is 1.44 bits per heavy atom. The standard InChI is InChI=1S/C36H36N4S5/c1-3-5-7-9-13-23-19-27(43-21-23)29-33-34(38-32(26-16-12-18-42-26)31(37-33)25-15-11-17-41-25)30(36-35(29)39-45-40-36)28-20-24(22-44-28)14-10-8-6-4-2/h11-12,15-22H,3-10,13-14H2,1-2H3. The monoisotopic (exact) mass is 684 g/mol. The molecule has 45 heavy (non-hydrogen) atoms. The van der Waals surface area contributed by atoms with Gasteiger partial charge in [-0.3, -0.25) is 0 Å². The van der Waals surface area contributed by atoms with Crippen molar-refractivity contribution in [2.75, 3.05) is 0 Å². The number of nitrogens with zero attached hydrogens (tertiary/aromatic N) is 4. The number of thiophene rings is 4. The summed E-state index contributed by atoms with van der Waals surface area (Å²) in [5, 5.41) is 8.89. The maximum atomic E-state index is 5.54. The molecule has 9 heteroatoms. The fourth-order valence-corrected chi connectivity index (χ4v) is 9.93. The molecule has 0 spiro atoms. The molecule has 1 aromatic carbocycles. The number of fused-ring (bicyclic) bond motifs is 2. The van der Waals surface area contributed by atoms with E-state index in [1.54, 1.807) is 45.3 Å². The van der Waals surface area contributed by atoms with Crippen molar-refractivity contribution < 1.29 is 0 Å². The molecule has 6 heterocycles. The molecule has 7 aromatic rings. The van der Waals surface area contributed by atoms with Crippen LogP contribution >= 0.6 is 57.1 Å². The predicted molar refractivity (Wildman–Crippen MR) is 199 cm³/mol. The molecule has 230 valence electrons. The van der Waals surface area contributed by atoms with Gasteiger partial charge in [0.15, 0.2) is 0 Å². The number of hydrogen-bond acceptors (Lipinski definition) is 9. The van der Waals surface area contributed by atoms with Crippen molar-refractivity contribution in [2.24, 2.45) is 0 Å². The van der Waals surface area contributed by atoms with E-state index < -0.39 is 0 Å². The van der Waals surface area contributed by atoms with E-state index in [0.29, 0.717) is 0 Å². The quantitative estimate of drug-likeness (QED) is 0.107. The topological polar surface area (TPSA) is 51.6 Å². The molecule has 0 atom stereocenters. The second-order valence-electron chi connectivity index (χ2n) is 11.5. The number of unbranched alkanes of at least 4 members (excludes halogenated alkanes) is 6. The Balaban J connectivity index is 1.44. The lowest BCUT2D eigenvalue weighted by molar-refractivity contribution is 0.667. The van der Waals surface area contributed by atoms with Gasteiger partial charge in [-0.05, 0) is 82.6 Å². The lowest BCUT2D eigenvalue weighted by Crippen LogP contribution is -1.98. The summed E-state index contributed by atoms with van der Waals surface area (Å²) < 4.78 is 9.89. The van der Waals surface area contributed by atoms with Crippen LogP contribution < -0.4 is 0 Å². The van der Waals surface area contributed by atoms with Crippen molar-refractivity contribution in [1.29, 1.82) is 0 Å². The zero-order valence-electron chi connectivity index (χ0n) is 25.7. The summed E-state index contributed by atoms with van der Waals surface area (Å²) in [6.45, 7) is 4.54. The second-order valence-corrected chi connectivity index (χ2v) is 15.8. The van der Waals surface area contributed by atoms with Gasteiger partial charge in [-0.15, -0.1) is 45.3 Å². The van der Waals surface area contributed by atoms with E-state index in [0.717, 1.165) is 67.2 Å². The highest BCUT2D eigenvalue weighted by molar-refractivity contribution is 7.15. The smallest absolute Gasteiger partial charge is 0.116 e. The number of aryl methyl sites for hydroxylation is 2. The molecule has 4 nitrogen and oxygen atoms in total. The fourth-order valence-electron chi connectivity index (χ4n) is 5.95. The zero-order valence-corrected chi connectivity index (χ0v) is 29.8. The molecule has 0 aliphatic heterocycles. The van der Waals surface area contributed by atoms with Crippen molar-refractivity contribution in [2.45, 2.75) is 78.1 Å². The SMILES string of the molecule is CCCCCCc1csc(-c2c3nsnc3c(-c3cc(CCCCCC)cs3)c3nc(-c4cccs4)c(-c4cccs4)nc23)c1. The summed E-state index contributed by atoms with van der Waals surface area (Å²) in [5.41, 5.74) is 10.5. The van der Waals surface area contributed by atoms with Crippen LogP contribution in [0.15, 0.2) is 57.9 Å². The number of benzene rings is 1. The van der Waals surface area contributed by atoms with Gasteiger partial charge in [0, 0.05) is 20.9 Å². The summed E-state index contributed by atoms with van der Waals surface area (Å²) in [6.07, 6.45) is 12.3.